The Balaban J connectivity index is 2.60. The summed E-state index contributed by atoms with van der Waals surface area (Å²) in [5, 5.41) is 9.93. The Kier molecular flexibility index (Phi) is 2.95. The standard InChI is InChI=1S/C6H8N4O2/c1-12-9-6(8-11)5-10-4-2-3-7-10/h2-4H,5H2,1H3. The van der Waals surface area contributed by atoms with E-state index in [9.17, 15) is 4.91 Å². The minimum absolute atomic E-state index is 0.0567. The van der Waals surface area contributed by atoms with Crippen LogP contribution < -0.4 is 0 Å². The molecule has 0 aromatic carbocycles. The van der Waals surface area contributed by atoms with Crippen molar-refractivity contribution in [1.29, 1.82) is 0 Å². The number of nitrogens with zero attached hydrogens (tertiary/aromatic N) is 4. The fraction of sp³-hybridized carbons (Fsp3) is 0.333. The maximum absolute atomic E-state index is 10.1. The topological polar surface area (TPSA) is 68.8 Å². The van der Waals surface area contributed by atoms with Crippen LogP contribution in [0.5, 0.6) is 0 Å². The summed E-state index contributed by atoms with van der Waals surface area (Å²) in [6.45, 7) is 0.227. The largest absolute Gasteiger partial charge is 0.398 e. The Morgan fingerprint density at radius 3 is 3.08 bits per heavy atom. The predicted molar refractivity (Wildman–Crippen MR) is 42.5 cm³/mol. The van der Waals surface area contributed by atoms with Gasteiger partial charge in [0.15, 0.2) is 0 Å². The molecular formula is C6H8N4O2. The molecule has 0 unspecified atom stereocenters. The second kappa shape index (κ2) is 4.22. The smallest absolute Gasteiger partial charge is 0.232 e. The van der Waals surface area contributed by atoms with E-state index in [-0.39, 0.29) is 12.4 Å². The van der Waals surface area contributed by atoms with Gasteiger partial charge in [-0.2, -0.15) is 5.10 Å². The van der Waals surface area contributed by atoms with Crippen LogP contribution in [0.2, 0.25) is 0 Å². The number of rotatable bonds is 3. The second-order valence-electron chi connectivity index (χ2n) is 1.99. The van der Waals surface area contributed by atoms with Crippen molar-refractivity contribution in [2.75, 3.05) is 7.11 Å². The number of hydrogen-bond acceptors (Lipinski definition) is 4. The summed E-state index contributed by atoms with van der Waals surface area (Å²) in [4.78, 5) is 14.5. The fourth-order valence-corrected chi connectivity index (χ4v) is 0.719. The molecule has 0 N–H and O–H groups in total. The Morgan fingerprint density at radius 2 is 2.58 bits per heavy atom. The molecule has 0 saturated heterocycles. The van der Waals surface area contributed by atoms with Gasteiger partial charge < -0.3 is 4.84 Å². The molecule has 0 aliphatic rings. The molecular weight excluding hydrogens is 160 g/mol. The van der Waals surface area contributed by atoms with Crippen LogP contribution in [0.3, 0.4) is 0 Å². The van der Waals surface area contributed by atoms with E-state index < -0.39 is 0 Å². The first kappa shape index (κ1) is 8.38. The molecule has 1 aromatic rings. The molecule has 0 aliphatic carbocycles. The van der Waals surface area contributed by atoms with Crippen LogP contribution in [0.1, 0.15) is 0 Å². The van der Waals surface area contributed by atoms with Crippen molar-refractivity contribution in [2.24, 2.45) is 10.3 Å². The molecule has 0 atom stereocenters. The lowest BCUT2D eigenvalue weighted by Crippen LogP contribution is -2.08. The molecule has 0 bridgehead atoms. The van der Waals surface area contributed by atoms with E-state index in [4.69, 9.17) is 0 Å². The quantitative estimate of drug-likeness (QED) is 0.287. The van der Waals surface area contributed by atoms with E-state index in [1.54, 1.807) is 18.5 Å². The van der Waals surface area contributed by atoms with Gasteiger partial charge in [-0.15, -0.1) is 4.91 Å². The van der Waals surface area contributed by atoms with Crippen molar-refractivity contribution in [3.05, 3.63) is 23.4 Å². The molecule has 0 aliphatic heterocycles. The molecule has 0 spiro atoms. The molecule has 1 aromatic heterocycles. The summed E-state index contributed by atoms with van der Waals surface area (Å²) in [6.07, 6.45) is 3.31. The van der Waals surface area contributed by atoms with Gasteiger partial charge in [-0.05, 0) is 11.2 Å². The summed E-state index contributed by atoms with van der Waals surface area (Å²) in [5.41, 5.74) is 0. The Hall–Kier alpha value is -1.72. The van der Waals surface area contributed by atoms with Gasteiger partial charge in [-0.3, -0.25) is 4.68 Å². The number of aromatic nitrogens is 2. The van der Waals surface area contributed by atoms with Gasteiger partial charge in [0.1, 0.15) is 13.7 Å². The summed E-state index contributed by atoms with van der Waals surface area (Å²) in [7, 11) is 1.36. The van der Waals surface area contributed by atoms with E-state index in [0.717, 1.165) is 0 Å². The average Bonchev–Trinajstić information content (AvgIpc) is 2.56. The fourth-order valence-electron chi connectivity index (χ4n) is 0.719. The van der Waals surface area contributed by atoms with E-state index >= 15 is 0 Å². The van der Waals surface area contributed by atoms with E-state index in [0.29, 0.717) is 0 Å². The Bertz CT molecular complexity index is 267. The molecule has 0 radical (unpaired) electrons. The highest BCUT2D eigenvalue weighted by atomic mass is 16.6. The summed E-state index contributed by atoms with van der Waals surface area (Å²) in [5.74, 6) is 0.0567. The van der Waals surface area contributed by atoms with E-state index in [2.05, 4.69) is 20.3 Å². The van der Waals surface area contributed by atoms with Crippen LogP contribution in [0.4, 0.5) is 0 Å². The lowest BCUT2D eigenvalue weighted by atomic mass is 10.6. The van der Waals surface area contributed by atoms with Crippen molar-refractivity contribution in [3.8, 4) is 0 Å². The van der Waals surface area contributed by atoms with Gasteiger partial charge in [0.05, 0.1) is 0 Å². The van der Waals surface area contributed by atoms with Crippen molar-refractivity contribution in [3.63, 3.8) is 0 Å². The Labute approximate surface area is 68.8 Å². The normalized spacial score (nSPS) is 11.2. The molecule has 0 saturated carbocycles. The zero-order chi connectivity index (χ0) is 8.81. The van der Waals surface area contributed by atoms with Gasteiger partial charge in [-0.25, -0.2) is 0 Å². The summed E-state index contributed by atoms with van der Waals surface area (Å²) >= 11 is 0. The highest BCUT2D eigenvalue weighted by molar-refractivity contribution is 5.81. The van der Waals surface area contributed by atoms with Crippen LogP contribution in [0.15, 0.2) is 28.8 Å². The minimum atomic E-state index is 0.0567. The highest BCUT2D eigenvalue weighted by Crippen LogP contribution is 1.89. The number of nitroso groups, excluding NO2 is 1. The number of amidine groups is 1. The van der Waals surface area contributed by atoms with Crippen LogP contribution in [-0.2, 0) is 11.4 Å². The molecule has 1 heterocycles. The first-order chi connectivity index (χ1) is 5.86. The third-order valence-corrected chi connectivity index (χ3v) is 1.16. The summed E-state index contributed by atoms with van der Waals surface area (Å²) in [6, 6.07) is 1.75. The van der Waals surface area contributed by atoms with Crippen molar-refractivity contribution >= 4 is 5.84 Å². The van der Waals surface area contributed by atoms with E-state index in [1.165, 1.54) is 11.8 Å². The number of oxime groups is 1. The minimum Gasteiger partial charge on any atom is -0.398 e. The predicted octanol–water partition coefficient (Wildman–Crippen LogP) is 0.609. The molecule has 0 fully saturated rings. The molecule has 6 nitrogen and oxygen atoms in total. The third kappa shape index (κ3) is 2.15. The Morgan fingerprint density at radius 1 is 1.75 bits per heavy atom. The summed E-state index contributed by atoms with van der Waals surface area (Å²) < 4.78 is 1.53. The lowest BCUT2D eigenvalue weighted by molar-refractivity contribution is 0.211. The van der Waals surface area contributed by atoms with Crippen molar-refractivity contribution in [1.82, 2.24) is 9.78 Å². The van der Waals surface area contributed by atoms with Gasteiger partial charge in [0.2, 0.25) is 5.84 Å². The van der Waals surface area contributed by atoms with Gasteiger partial charge >= 0.3 is 0 Å². The van der Waals surface area contributed by atoms with Crippen LogP contribution in [0.25, 0.3) is 0 Å². The lowest BCUT2D eigenvalue weighted by Gasteiger charge is -1.96. The number of hydrogen-bond donors (Lipinski definition) is 0. The molecule has 1 rings (SSSR count). The highest BCUT2D eigenvalue weighted by Gasteiger charge is 2.00. The average molecular weight is 168 g/mol. The molecule has 0 amide bonds. The van der Waals surface area contributed by atoms with Crippen LogP contribution in [-0.4, -0.2) is 22.7 Å². The van der Waals surface area contributed by atoms with Crippen LogP contribution in [0, 0.1) is 4.91 Å². The van der Waals surface area contributed by atoms with Crippen LogP contribution >= 0.6 is 0 Å². The van der Waals surface area contributed by atoms with Crippen molar-refractivity contribution < 1.29 is 4.84 Å². The molecule has 12 heavy (non-hydrogen) atoms. The first-order valence-electron chi connectivity index (χ1n) is 3.27. The molecule has 64 valence electrons. The van der Waals surface area contributed by atoms with Crippen molar-refractivity contribution in [2.45, 2.75) is 6.54 Å². The third-order valence-electron chi connectivity index (χ3n) is 1.16. The maximum Gasteiger partial charge on any atom is 0.232 e. The maximum atomic E-state index is 10.1. The zero-order valence-electron chi connectivity index (χ0n) is 6.54. The first-order valence-corrected chi connectivity index (χ1v) is 3.27. The zero-order valence-corrected chi connectivity index (χ0v) is 6.54. The van der Waals surface area contributed by atoms with E-state index in [1.807, 2.05) is 0 Å². The monoisotopic (exact) mass is 168 g/mol. The van der Waals surface area contributed by atoms with Gasteiger partial charge in [0.25, 0.3) is 0 Å². The van der Waals surface area contributed by atoms with Gasteiger partial charge in [0, 0.05) is 12.4 Å². The second-order valence-corrected chi connectivity index (χ2v) is 1.99. The SMILES string of the molecule is CON=C(Cn1cccn1)N=O. The van der Waals surface area contributed by atoms with Gasteiger partial charge in [-0.1, -0.05) is 5.16 Å². The molecule has 6 heteroatoms.